The van der Waals surface area contributed by atoms with Crippen molar-refractivity contribution in [2.45, 2.75) is 111 Å². The Balaban J connectivity index is 4.88. The Morgan fingerprint density at radius 1 is 0.963 bits per heavy atom. The van der Waals surface area contributed by atoms with Crippen LogP contribution in [-0.2, 0) is 4.79 Å². The molecule has 0 saturated heterocycles. The Morgan fingerprint density at radius 3 is 1.85 bits per heavy atom. The molecule has 1 N–H and O–H groups in total. The molecule has 0 heterocycles. The molecule has 27 heavy (non-hydrogen) atoms. The molecular formula is C23H44O2SSn. The maximum atomic E-state index is 12.0. The minimum atomic E-state index is -2.23. The van der Waals surface area contributed by atoms with E-state index in [1.165, 1.54) is 63.6 Å². The van der Waals surface area contributed by atoms with Gasteiger partial charge in [-0.15, -0.1) is 0 Å². The van der Waals surface area contributed by atoms with E-state index >= 15 is 0 Å². The predicted octanol–water partition coefficient (Wildman–Crippen LogP) is 7.30. The van der Waals surface area contributed by atoms with Crippen molar-refractivity contribution >= 4 is 35.3 Å². The van der Waals surface area contributed by atoms with Gasteiger partial charge in [0.25, 0.3) is 0 Å². The number of carbonyl (C=O) groups is 1. The first-order chi connectivity index (χ1) is 12.7. The number of hydrogen-bond acceptors (Lipinski definition) is 3. The molecule has 0 aliphatic heterocycles. The molecule has 0 aromatic heterocycles. The molecule has 0 spiro atoms. The van der Waals surface area contributed by atoms with Gasteiger partial charge in [0.2, 0.25) is 0 Å². The number of carbonyl (C=O) groups excluding carboxylic acids is 1. The molecule has 0 saturated carbocycles. The van der Waals surface area contributed by atoms with Gasteiger partial charge in [-0.3, -0.25) is 0 Å². The summed E-state index contributed by atoms with van der Waals surface area (Å²) >= 11 is -0.916. The number of aliphatic hydroxyl groups is 1. The number of hydrogen-bond donors (Lipinski definition) is 1. The summed E-state index contributed by atoms with van der Waals surface area (Å²) in [7, 11) is 0. The third kappa shape index (κ3) is 14.8. The fourth-order valence-electron chi connectivity index (χ4n) is 3.29. The van der Waals surface area contributed by atoms with Gasteiger partial charge in [-0.05, 0) is 0 Å². The fourth-order valence-corrected chi connectivity index (χ4v) is 18.3. The maximum absolute atomic E-state index is 12.0. The van der Waals surface area contributed by atoms with E-state index < -0.39 is 24.5 Å². The van der Waals surface area contributed by atoms with Crippen molar-refractivity contribution < 1.29 is 9.90 Å². The molecule has 0 aliphatic rings. The Bertz CT molecular complexity index is 430. The van der Waals surface area contributed by atoms with Crippen LogP contribution in [0.3, 0.4) is 0 Å². The molecule has 1 atom stereocenters. The van der Waals surface area contributed by atoms with Gasteiger partial charge in [-0.1, -0.05) is 0 Å². The van der Waals surface area contributed by atoms with Crippen LogP contribution in [0.15, 0.2) is 22.3 Å². The van der Waals surface area contributed by atoms with Gasteiger partial charge >= 0.3 is 178 Å². The molecular weight excluding hydrogens is 459 g/mol. The van der Waals surface area contributed by atoms with Gasteiger partial charge in [-0.25, -0.2) is 0 Å². The first-order valence-corrected chi connectivity index (χ1v) is 19.5. The van der Waals surface area contributed by atoms with Crippen LogP contribution in [0.4, 0.5) is 0 Å². The second-order valence-corrected chi connectivity index (χ2v) is 23.7. The zero-order chi connectivity index (χ0) is 20.8. The van der Waals surface area contributed by atoms with Crippen LogP contribution in [0.1, 0.15) is 86.5 Å². The van der Waals surface area contributed by atoms with E-state index in [1.54, 1.807) is 6.08 Å². The third-order valence-electron chi connectivity index (χ3n) is 4.77. The SMILES string of the molecule is CCC[CH2][Sn](/[CH]=C/C=C/C(O)CC(=O)SC(C)(C)C)([CH2]CCC)[CH2]CCC. The number of rotatable bonds is 14. The monoisotopic (exact) mass is 504 g/mol. The number of thioether (sulfide) groups is 1. The van der Waals surface area contributed by atoms with Crippen molar-refractivity contribution in [1.29, 1.82) is 0 Å². The van der Waals surface area contributed by atoms with Crippen LogP contribution in [0, 0.1) is 0 Å². The summed E-state index contributed by atoms with van der Waals surface area (Å²) < 4.78 is 6.87. The summed E-state index contributed by atoms with van der Waals surface area (Å²) in [4.78, 5) is 12.0. The van der Waals surface area contributed by atoms with Crippen LogP contribution >= 0.6 is 11.8 Å². The van der Waals surface area contributed by atoms with E-state index in [4.69, 9.17) is 0 Å². The predicted molar refractivity (Wildman–Crippen MR) is 126 cm³/mol. The zero-order valence-corrected chi connectivity index (χ0v) is 22.4. The van der Waals surface area contributed by atoms with E-state index in [2.05, 4.69) is 30.9 Å². The first-order valence-electron chi connectivity index (χ1n) is 10.9. The quantitative estimate of drug-likeness (QED) is 0.200. The summed E-state index contributed by atoms with van der Waals surface area (Å²) in [6, 6.07) is 0. The van der Waals surface area contributed by atoms with Crippen LogP contribution in [0.2, 0.25) is 13.3 Å². The second kappa shape index (κ2) is 15.1. The second-order valence-electron chi connectivity index (χ2n) is 8.77. The van der Waals surface area contributed by atoms with E-state index in [1.807, 2.05) is 26.8 Å². The molecule has 0 aliphatic carbocycles. The van der Waals surface area contributed by atoms with Crippen molar-refractivity contribution in [3.63, 3.8) is 0 Å². The standard InChI is InChI=1S/C11H17O2S.3C4H9.Sn/c1-5-6-7-9(12)8-10(13)14-11(2,3)4;3*1-3-4-2;/h1,5-7,9,12H,8H2,2-4H3;3*1,3-4H2,2H3;/b5-1?,7-6+;;;;. The zero-order valence-electron chi connectivity index (χ0n) is 18.7. The van der Waals surface area contributed by atoms with Gasteiger partial charge in [0.1, 0.15) is 0 Å². The van der Waals surface area contributed by atoms with Crippen molar-refractivity contribution in [3.8, 4) is 0 Å². The summed E-state index contributed by atoms with van der Waals surface area (Å²) in [6.07, 6.45) is 13.4. The third-order valence-corrected chi connectivity index (χ3v) is 19.9. The number of allylic oxidation sites excluding steroid dienone is 2. The van der Waals surface area contributed by atoms with Crippen molar-refractivity contribution in [1.82, 2.24) is 0 Å². The topological polar surface area (TPSA) is 37.3 Å². The number of aliphatic hydroxyl groups excluding tert-OH is 1. The Labute approximate surface area is 177 Å². The minimum absolute atomic E-state index is 0.0611. The summed E-state index contributed by atoms with van der Waals surface area (Å²) in [5.74, 6) is 0. The molecule has 4 heteroatoms. The van der Waals surface area contributed by atoms with Gasteiger partial charge < -0.3 is 0 Å². The summed E-state index contributed by atoms with van der Waals surface area (Å²) in [5.41, 5.74) is 0. The van der Waals surface area contributed by atoms with Crippen molar-refractivity contribution in [3.05, 3.63) is 22.3 Å². The summed E-state index contributed by atoms with van der Waals surface area (Å²) in [5, 5.41) is 10.2. The molecule has 0 aromatic carbocycles. The Morgan fingerprint density at radius 2 is 1.44 bits per heavy atom. The van der Waals surface area contributed by atoms with Crippen molar-refractivity contribution in [2.75, 3.05) is 0 Å². The normalized spacial score (nSPS) is 14.3. The average molecular weight is 503 g/mol. The van der Waals surface area contributed by atoms with Gasteiger partial charge in [0.05, 0.1) is 0 Å². The van der Waals surface area contributed by atoms with E-state index in [0.29, 0.717) is 0 Å². The van der Waals surface area contributed by atoms with Gasteiger partial charge in [0.15, 0.2) is 0 Å². The molecule has 0 rings (SSSR count). The van der Waals surface area contributed by atoms with Gasteiger partial charge in [-0.2, -0.15) is 0 Å². The van der Waals surface area contributed by atoms with E-state index in [-0.39, 0.29) is 16.3 Å². The van der Waals surface area contributed by atoms with Crippen molar-refractivity contribution in [2.24, 2.45) is 0 Å². The average Bonchev–Trinajstić information content (AvgIpc) is 2.57. The Kier molecular flexibility index (Phi) is 15.3. The molecule has 0 aromatic rings. The molecule has 0 bridgehead atoms. The molecule has 1 unspecified atom stereocenters. The molecule has 0 fully saturated rings. The fraction of sp³-hybridized carbons (Fsp3) is 0.783. The molecule has 2 nitrogen and oxygen atoms in total. The van der Waals surface area contributed by atoms with E-state index in [0.717, 1.165) is 0 Å². The molecule has 0 radical (unpaired) electrons. The van der Waals surface area contributed by atoms with Crippen LogP contribution < -0.4 is 0 Å². The van der Waals surface area contributed by atoms with Crippen LogP contribution in [-0.4, -0.2) is 39.4 Å². The number of unbranched alkanes of at least 4 members (excludes halogenated alkanes) is 3. The summed E-state index contributed by atoms with van der Waals surface area (Å²) in [6.45, 7) is 13.0. The van der Waals surface area contributed by atoms with Crippen LogP contribution in [0.5, 0.6) is 0 Å². The first kappa shape index (κ1) is 27.3. The molecule has 0 amide bonds. The van der Waals surface area contributed by atoms with Gasteiger partial charge in [0, 0.05) is 0 Å². The molecule has 158 valence electrons. The van der Waals surface area contributed by atoms with Crippen LogP contribution in [0.25, 0.3) is 0 Å². The van der Waals surface area contributed by atoms with E-state index in [9.17, 15) is 9.90 Å². The Hall–Kier alpha value is 0.259.